The van der Waals surface area contributed by atoms with E-state index in [0.717, 1.165) is 11.5 Å². The second kappa shape index (κ2) is 6.20. The van der Waals surface area contributed by atoms with Crippen LogP contribution in [0.25, 0.3) is 0 Å². The lowest BCUT2D eigenvalue weighted by molar-refractivity contribution is 0.466. The molecule has 1 N–H and O–H groups in total. The van der Waals surface area contributed by atoms with Crippen LogP contribution in [-0.2, 0) is 0 Å². The van der Waals surface area contributed by atoms with Crippen LogP contribution in [0.1, 0.15) is 18.5 Å². The number of halogens is 1. The van der Waals surface area contributed by atoms with E-state index in [1.54, 1.807) is 0 Å². The maximum atomic E-state index is 5.97. The Bertz CT molecular complexity index is 527. The highest BCUT2D eigenvalue weighted by molar-refractivity contribution is 14.1. The lowest BCUT2D eigenvalue weighted by Gasteiger charge is -2.16. The predicted octanol–water partition coefficient (Wildman–Crippen LogP) is 4.36. The van der Waals surface area contributed by atoms with E-state index in [1.807, 2.05) is 43.4 Å². The second-order valence-corrected chi connectivity index (χ2v) is 5.35. The Morgan fingerprint density at radius 3 is 2.61 bits per heavy atom. The Kier molecular flexibility index (Phi) is 4.60. The minimum Gasteiger partial charge on any atom is -0.457 e. The Morgan fingerprint density at radius 1 is 1.11 bits per heavy atom. The first kappa shape index (κ1) is 13.4. The number of hydrogen-bond acceptors (Lipinski definition) is 2. The van der Waals surface area contributed by atoms with Gasteiger partial charge in [-0.05, 0) is 60.8 Å². The third kappa shape index (κ3) is 3.23. The van der Waals surface area contributed by atoms with E-state index in [4.69, 9.17) is 4.74 Å². The van der Waals surface area contributed by atoms with Gasteiger partial charge in [0.15, 0.2) is 0 Å². The highest BCUT2D eigenvalue weighted by Crippen LogP contribution is 2.29. The van der Waals surface area contributed by atoms with Crippen LogP contribution in [0.3, 0.4) is 0 Å². The van der Waals surface area contributed by atoms with Crippen molar-refractivity contribution in [3.8, 4) is 11.5 Å². The highest BCUT2D eigenvalue weighted by atomic mass is 127. The molecule has 3 heteroatoms. The molecule has 0 fully saturated rings. The molecule has 18 heavy (non-hydrogen) atoms. The quantitative estimate of drug-likeness (QED) is 0.825. The number of nitrogens with one attached hydrogen (secondary N) is 1. The van der Waals surface area contributed by atoms with Gasteiger partial charge in [0.25, 0.3) is 0 Å². The van der Waals surface area contributed by atoms with Gasteiger partial charge >= 0.3 is 0 Å². The van der Waals surface area contributed by atoms with Crippen molar-refractivity contribution in [3.63, 3.8) is 0 Å². The van der Waals surface area contributed by atoms with Gasteiger partial charge in [-0.3, -0.25) is 0 Å². The van der Waals surface area contributed by atoms with Crippen LogP contribution < -0.4 is 10.1 Å². The van der Waals surface area contributed by atoms with Crippen molar-refractivity contribution in [3.05, 3.63) is 57.7 Å². The van der Waals surface area contributed by atoms with Crippen LogP contribution in [-0.4, -0.2) is 7.05 Å². The van der Waals surface area contributed by atoms with Crippen LogP contribution in [0.15, 0.2) is 48.5 Å². The molecule has 2 aromatic rings. The van der Waals surface area contributed by atoms with Crippen molar-refractivity contribution in [2.45, 2.75) is 13.0 Å². The molecular formula is C15H16INO. The lowest BCUT2D eigenvalue weighted by atomic mass is 10.1. The van der Waals surface area contributed by atoms with Crippen LogP contribution in [0.5, 0.6) is 11.5 Å². The van der Waals surface area contributed by atoms with Gasteiger partial charge in [-0.2, -0.15) is 0 Å². The average Bonchev–Trinajstić information content (AvgIpc) is 2.38. The molecule has 1 atom stereocenters. The molecule has 2 aromatic carbocycles. The fourth-order valence-corrected chi connectivity index (χ4v) is 2.26. The van der Waals surface area contributed by atoms with Crippen molar-refractivity contribution in [1.82, 2.24) is 5.32 Å². The Morgan fingerprint density at radius 2 is 1.89 bits per heavy atom. The predicted molar refractivity (Wildman–Crippen MR) is 83.1 cm³/mol. The molecule has 0 saturated heterocycles. The number of benzene rings is 2. The smallest absolute Gasteiger partial charge is 0.132 e. The van der Waals surface area contributed by atoms with E-state index < -0.39 is 0 Å². The topological polar surface area (TPSA) is 21.3 Å². The molecule has 1 unspecified atom stereocenters. The molecule has 0 spiro atoms. The van der Waals surface area contributed by atoms with E-state index in [2.05, 4.69) is 47.0 Å². The summed E-state index contributed by atoms with van der Waals surface area (Å²) in [5.41, 5.74) is 1.17. The van der Waals surface area contributed by atoms with Crippen LogP contribution in [0.2, 0.25) is 0 Å². The number of hydrogen-bond donors (Lipinski definition) is 1. The molecule has 0 aliphatic carbocycles. The molecule has 2 nitrogen and oxygen atoms in total. The SMILES string of the molecule is CNC(C)c1ccccc1Oc1cccc(I)c1. The van der Waals surface area contributed by atoms with Gasteiger partial charge in [-0.25, -0.2) is 0 Å². The third-order valence-electron chi connectivity index (χ3n) is 2.84. The largest absolute Gasteiger partial charge is 0.457 e. The number of rotatable bonds is 4. The van der Waals surface area contributed by atoms with Crippen molar-refractivity contribution in [2.75, 3.05) is 7.05 Å². The summed E-state index contributed by atoms with van der Waals surface area (Å²) in [5.74, 6) is 1.78. The fraction of sp³-hybridized carbons (Fsp3) is 0.200. The van der Waals surface area contributed by atoms with Gasteiger partial charge in [0.05, 0.1) is 0 Å². The van der Waals surface area contributed by atoms with E-state index in [-0.39, 0.29) is 6.04 Å². The summed E-state index contributed by atoms with van der Waals surface area (Å²) >= 11 is 2.29. The first-order valence-electron chi connectivity index (χ1n) is 5.90. The monoisotopic (exact) mass is 353 g/mol. The summed E-state index contributed by atoms with van der Waals surface area (Å²) in [6, 6.07) is 16.4. The molecule has 0 radical (unpaired) electrons. The average molecular weight is 353 g/mol. The van der Waals surface area contributed by atoms with Gasteiger partial charge in [0, 0.05) is 15.2 Å². The summed E-state index contributed by atoms with van der Waals surface area (Å²) in [6.45, 7) is 2.12. The minimum absolute atomic E-state index is 0.268. The molecule has 94 valence electrons. The van der Waals surface area contributed by atoms with Gasteiger partial charge in [0.1, 0.15) is 11.5 Å². The minimum atomic E-state index is 0.268. The zero-order valence-electron chi connectivity index (χ0n) is 10.5. The van der Waals surface area contributed by atoms with E-state index >= 15 is 0 Å². The van der Waals surface area contributed by atoms with Gasteiger partial charge in [-0.1, -0.05) is 24.3 Å². The van der Waals surface area contributed by atoms with Crippen LogP contribution >= 0.6 is 22.6 Å². The fourth-order valence-electron chi connectivity index (χ4n) is 1.74. The molecule has 0 saturated carbocycles. The van der Waals surface area contributed by atoms with Crippen molar-refractivity contribution in [2.24, 2.45) is 0 Å². The van der Waals surface area contributed by atoms with Crippen LogP contribution in [0, 0.1) is 3.57 Å². The maximum Gasteiger partial charge on any atom is 0.132 e. The lowest BCUT2D eigenvalue weighted by Crippen LogP contribution is -2.13. The highest BCUT2D eigenvalue weighted by Gasteiger charge is 2.09. The molecule has 0 amide bonds. The van der Waals surface area contributed by atoms with Crippen molar-refractivity contribution in [1.29, 1.82) is 0 Å². The summed E-state index contributed by atoms with van der Waals surface area (Å²) in [7, 11) is 1.95. The standard InChI is InChI=1S/C15H16INO/c1-11(17-2)14-8-3-4-9-15(14)18-13-7-5-6-12(16)10-13/h3-11,17H,1-2H3. The number of ether oxygens (including phenoxy) is 1. The Balaban J connectivity index is 2.29. The molecule has 0 bridgehead atoms. The number of para-hydroxylation sites is 1. The van der Waals surface area contributed by atoms with E-state index in [9.17, 15) is 0 Å². The third-order valence-corrected chi connectivity index (χ3v) is 3.51. The van der Waals surface area contributed by atoms with Gasteiger partial charge in [-0.15, -0.1) is 0 Å². The maximum absolute atomic E-state index is 5.97. The van der Waals surface area contributed by atoms with Gasteiger partial charge in [0.2, 0.25) is 0 Å². The summed E-state index contributed by atoms with van der Waals surface area (Å²) in [5, 5.41) is 3.24. The van der Waals surface area contributed by atoms with Crippen LogP contribution in [0.4, 0.5) is 0 Å². The Labute approximate surface area is 122 Å². The van der Waals surface area contributed by atoms with Gasteiger partial charge < -0.3 is 10.1 Å². The Hall–Kier alpha value is -1.07. The van der Waals surface area contributed by atoms with E-state index in [1.165, 1.54) is 9.13 Å². The zero-order chi connectivity index (χ0) is 13.0. The summed E-state index contributed by atoms with van der Waals surface area (Å²) in [6.07, 6.45) is 0. The summed E-state index contributed by atoms with van der Waals surface area (Å²) < 4.78 is 7.14. The molecular weight excluding hydrogens is 337 g/mol. The zero-order valence-corrected chi connectivity index (χ0v) is 12.6. The first-order chi connectivity index (χ1) is 8.70. The normalized spacial score (nSPS) is 12.2. The summed E-state index contributed by atoms with van der Waals surface area (Å²) in [4.78, 5) is 0. The van der Waals surface area contributed by atoms with Crippen molar-refractivity contribution < 1.29 is 4.74 Å². The first-order valence-corrected chi connectivity index (χ1v) is 6.98. The molecule has 0 aliphatic rings. The second-order valence-electron chi connectivity index (χ2n) is 4.11. The molecule has 2 rings (SSSR count). The molecule has 0 heterocycles. The molecule has 0 aliphatic heterocycles. The van der Waals surface area contributed by atoms with E-state index in [0.29, 0.717) is 0 Å². The molecule has 0 aromatic heterocycles. The van der Waals surface area contributed by atoms with Crippen molar-refractivity contribution >= 4 is 22.6 Å².